The molecule has 1 atom stereocenters. The van der Waals surface area contributed by atoms with Crippen molar-refractivity contribution in [3.05, 3.63) is 24.3 Å². The van der Waals surface area contributed by atoms with Gasteiger partial charge in [-0.25, -0.2) is 0 Å². The summed E-state index contributed by atoms with van der Waals surface area (Å²) in [5.41, 5.74) is -0.760. The predicted octanol–water partition coefficient (Wildman–Crippen LogP) is 2.01. The maximum atomic E-state index is 11.4. The summed E-state index contributed by atoms with van der Waals surface area (Å²) in [6, 6.07) is 7.45. The van der Waals surface area contributed by atoms with Crippen LogP contribution in [0.15, 0.2) is 24.3 Å². The van der Waals surface area contributed by atoms with Gasteiger partial charge in [0.15, 0.2) is 11.5 Å². The quantitative estimate of drug-likeness (QED) is 0.863. The highest BCUT2D eigenvalue weighted by Crippen LogP contribution is 2.29. The van der Waals surface area contributed by atoms with E-state index in [0.717, 1.165) is 13.0 Å². The normalized spacial score (nSPS) is 22.7. The molecule has 0 aromatic heterocycles. The largest absolute Gasteiger partial charge is 0.493 e. The van der Waals surface area contributed by atoms with Crippen LogP contribution in [0.2, 0.25) is 0 Å². The zero-order valence-corrected chi connectivity index (χ0v) is 12.0. The molecule has 0 bridgehead atoms. The van der Waals surface area contributed by atoms with E-state index in [4.69, 9.17) is 9.47 Å². The van der Waals surface area contributed by atoms with E-state index in [0.29, 0.717) is 31.1 Å². The van der Waals surface area contributed by atoms with E-state index in [1.54, 1.807) is 14.0 Å². The van der Waals surface area contributed by atoms with Gasteiger partial charge in [0.25, 0.3) is 0 Å². The topological polar surface area (TPSA) is 59.0 Å². The lowest BCUT2D eigenvalue weighted by Crippen LogP contribution is -2.49. The van der Waals surface area contributed by atoms with E-state index >= 15 is 0 Å². The molecule has 1 heterocycles. The number of para-hydroxylation sites is 2. The molecule has 1 aromatic rings. The molecule has 1 fully saturated rings. The summed E-state index contributed by atoms with van der Waals surface area (Å²) < 4.78 is 10.9. The van der Waals surface area contributed by atoms with Crippen LogP contribution >= 0.6 is 0 Å². The summed E-state index contributed by atoms with van der Waals surface area (Å²) in [6.45, 7) is 3.63. The van der Waals surface area contributed by atoms with Gasteiger partial charge in [-0.3, -0.25) is 9.69 Å². The van der Waals surface area contributed by atoms with Crippen LogP contribution in [0.1, 0.15) is 19.8 Å². The number of likely N-dealkylation sites (tertiary alicyclic amines) is 1. The van der Waals surface area contributed by atoms with Crippen LogP contribution in [0.25, 0.3) is 0 Å². The number of carboxylic acid groups (broad SMARTS) is 1. The van der Waals surface area contributed by atoms with Crippen LogP contribution in [0.4, 0.5) is 0 Å². The smallest absolute Gasteiger partial charge is 0.323 e. The second kappa shape index (κ2) is 6.13. The molecule has 5 heteroatoms. The van der Waals surface area contributed by atoms with Gasteiger partial charge in [0.1, 0.15) is 12.1 Å². The van der Waals surface area contributed by atoms with Crippen LogP contribution in [-0.4, -0.2) is 48.3 Å². The molecule has 5 nitrogen and oxygen atoms in total. The van der Waals surface area contributed by atoms with E-state index < -0.39 is 11.5 Å². The summed E-state index contributed by atoms with van der Waals surface area (Å²) in [4.78, 5) is 13.3. The first-order chi connectivity index (χ1) is 9.58. The third-order valence-corrected chi connectivity index (χ3v) is 3.94. The molecule has 20 heavy (non-hydrogen) atoms. The first kappa shape index (κ1) is 14.7. The highest BCUT2D eigenvalue weighted by atomic mass is 16.5. The molecule has 1 saturated heterocycles. The van der Waals surface area contributed by atoms with Crippen LogP contribution in [0.5, 0.6) is 11.5 Å². The molecule has 0 saturated carbocycles. The Kier molecular flexibility index (Phi) is 4.49. The fourth-order valence-electron chi connectivity index (χ4n) is 2.62. The van der Waals surface area contributed by atoms with Crippen LogP contribution in [0, 0.1) is 0 Å². The number of hydrogen-bond acceptors (Lipinski definition) is 4. The molecule has 0 amide bonds. The van der Waals surface area contributed by atoms with Crippen LogP contribution in [-0.2, 0) is 4.79 Å². The number of aliphatic carboxylic acids is 1. The lowest BCUT2D eigenvalue weighted by Gasteiger charge is -2.30. The number of carboxylic acids is 1. The Morgan fingerprint density at radius 3 is 2.75 bits per heavy atom. The third-order valence-electron chi connectivity index (χ3n) is 3.94. The summed E-state index contributed by atoms with van der Waals surface area (Å²) in [5, 5.41) is 9.34. The average molecular weight is 279 g/mol. The lowest BCUT2D eigenvalue weighted by atomic mass is 9.99. The number of methoxy groups -OCH3 is 1. The Morgan fingerprint density at radius 1 is 1.40 bits per heavy atom. The van der Waals surface area contributed by atoms with Gasteiger partial charge in [-0.1, -0.05) is 12.1 Å². The number of rotatable bonds is 6. The van der Waals surface area contributed by atoms with Crippen LogP contribution < -0.4 is 9.47 Å². The maximum absolute atomic E-state index is 11.4. The lowest BCUT2D eigenvalue weighted by molar-refractivity contribution is -0.148. The Balaban J connectivity index is 1.91. The predicted molar refractivity (Wildman–Crippen MR) is 75.3 cm³/mol. The summed E-state index contributed by atoms with van der Waals surface area (Å²) >= 11 is 0. The van der Waals surface area contributed by atoms with Gasteiger partial charge in [-0.05, 0) is 38.4 Å². The van der Waals surface area contributed by atoms with Crippen molar-refractivity contribution < 1.29 is 19.4 Å². The van der Waals surface area contributed by atoms with Crippen molar-refractivity contribution >= 4 is 5.97 Å². The fraction of sp³-hybridized carbons (Fsp3) is 0.533. The Morgan fingerprint density at radius 2 is 2.10 bits per heavy atom. The van der Waals surface area contributed by atoms with Gasteiger partial charge in [-0.15, -0.1) is 0 Å². The zero-order valence-electron chi connectivity index (χ0n) is 12.0. The number of ether oxygens (including phenoxy) is 2. The highest BCUT2D eigenvalue weighted by Gasteiger charge is 2.42. The molecule has 1 aromatic carbocycles. The van der Waals surface area contributed by atoms with E-state index in [1.807, 2.05) is 29.2 Å². The number of benzene rings is 1. The summed E-state index contributed by atoms with van der Waals surface area (Å²) in [5.74, 6) is 0.619. The monoisotopic (exact) mass is 279 g/mol. The SMILES string of the molecule is COc1ccccc1OCCN1CCCC1(C)C(=O)O. The molecule has 110 valence electrons. The van der Waals surface area contributed by atoms with Gasteiger partial charge in [0.2, 0.25) is 0 Å². The van der Waals surface area contributed by atoms with Crippen molar-refractivity contribution in [2.24, 2.45) is 0 Å². The van der Waals surface area contributed by atoms with Gasteiger partial charge in [-0.2, -0.15) is 0 Å². The first-order valence-electron chi connectivity index (χ1n) is 6.82. The molecule has 1 aliphatic rings. The average Bonchev–Trinajstić information content (AvgIpc) is 2.82. The van der Waals surface area contributed by atoms with Gasteiger partial charge >= 0.3 is 5.97 Å². The third kappa shape index (κ3) is 2.88. The Hall–Kier alpha value is -1.75. The standard InChI is InChI=1S/C15H21NO4/c1-15(14(17)18)8-5-9-16(15)10-11-20-13-7-4-3-6-12(13)19-2/h3-4,6-7H,5,8-11H2,1-2H3,(H,17,18). The zero-order chi connectivity index (χ0) is 14.6. The Bertz CT molecular complexity index is 477. The van der Waals surface area contributed by atoms with Crippen molar-refractivity contribution in [3.8, 4) is 11.5 Å². The second-order valence-electron chi connectivity index (χ2n) is 5.17. The van der Waals surface area contributed by atoms with E-state index in [2.05, 4.69) is 0 Å². The first-order valence-corrected chi connectivity index (χ1v) is 6.82. The number of carbonyl (C=O) groups is 1. The van der Waals surface area contributed by atoms with Crippen LogP contribution in [0.3, 0.4) is 0 Å². The second-order valence-corrected chi connectivity index (χ2v) is 5.17. The van der Waals surface area contributed by atoms with E-state index in [9.17, 15) is 9.90 Å². The van der Waals surface area contributed by atoms with Gasteiger partial charge in [0.05, 0.1) is 7.11 Å². The minimum Gasteiger partial charge on any atom is -0.493 e. The fourth-order valence-corrected chi connectivity index (χ4v) is 2.62. The van der Waals surface area contributed by atoms with Crippen molar-refractivity contribution in [3.63, 3.8) is 0 Å². The molecule has 0 radical (unpaired) electrons. The molecule has 1 unspecified atom stereocenters. The number of hydrogen-bond donors (Lipinski definition) is 1. The molecule has 1 N–H and O–H groups in total. The molecule has 2 rings (SSSR count). The molecule has 0 aliphatic carbocycles. The van der Waals surface area contributed by atoms with Crippen molar-refractivity contribution in [1.82, 2.24) is 4.90 Å². The molecule has 0 spiro atoms. The minimum absolute atomic E-state index is 0.448. The number of nitrogens with zero attached hydrogens (tertiary/aromatic N) is 1. The summed E-state index contributed by atoms with van der Waals surface area (Å²) in [7, 11) is 1.60. The van der Waals surface area contributed by atoms with E-state index in [1.165, 1.54) is 0 Å². The maximum Gasteiger partial charge on any atom is 0.323 e. The highest BCUT2D eigenvalue weighted by molar-refractivity contribution is 5.78. The van der Waals surface area contributed by atoms with Gasteiger partial charge < -0.3 is 14.6 Å². The Labute approximate surface area is 119 Å². The molecule has 1 aliphatic heterocycles. The van der Waals surface area contributed by atoms with Crippen molar-refractivity contribution in [2.75, 3.05) is 26.8 Å². The van der Waals surface area contributed by atoms with E-state index in [-0.39, 0.29) is 0 Å². The van der Waals surface area contributed by atoms with Gasteiger partial charge in [0, 0.05) is 6.54 Å². The summed E-state index contributed by atoms with van der Waals surface area (Å²) in [6.07, 6.45) is 1.61. The minimum atomic E-state index is -0.760. The van der Waals surface area contributed by atoms with Crippen molar-refractivity contribution in [1.29, 1.82) is 0 Å². The van der Waals surface area contributed by atoms with Crippen molar-refractivity contribution in [2.45, 2.75) is 25.3 Å². The molecular formula is C15H21NO4. The molecular weight excluding hydrogens is 258 g/mol.